The predicted octanol–water partition coefficient (Wildman–Crippen LogP) is 23.0. The molecule has 1 heterocycles. The highest BCUT2D eigenvalue weighted by Crippen LogP contribution is 2.19. The van der Waals surface area contributed by atoms with Crippen LogP contribution in [0.15, 0.2) is 382 Å². The summed E-state index contributed by atoms with van der Waals surface area (Å²) in [6.07, 6.45) is 5.67. The van der Waals surface area contributed by atoms with E-state index in [4.69, 9.17) is 9.47 Å². The second-order valence-corrected chi connectivity index (χ2v) is 28.2. The molecule has 0 saturated carbocycles. The van der Waals surface area contributed by atoms with Crippen molar-refractivity contribution in [2.75, 3.05) is 14.2 Å². The molecule has 3 N–H and O–H groups in total. The summed E-state index contributed by atoms with van der Waals surface area (Å²) in [4.78, 5) is 0. The van der Waals surface area contributed by atoms with Crippen molar-refractivity contribution in [2.45, 2.75) is 139 Å². The van der Waals surface area contributed by atoms with Crippen molar-refractivity contribution in [3.63, 3.8) is 0 Å². The quantitative estimate of drug-likeness (QED) is 0.0498. The van der Waals surface area contributed by atoms with Gasteiger partial charge in [-0.15, -0.1) is 48.5 Å². The van der Waals surface area contributed by atoms with Gasteiger partial charge >= 0.3 is 0 Å². The van der Waals surface area contributed by atoms with Crippen LogP contribution in [0.2, 0.25) is 34.1 Å². The first-order chi connectivity index (χ1) is 60.9. The van der Waals surface area contributed by atoms with Crippen molar-refractivity contribution >= 4 is 120 Å². The molecule has 14 aromatic carbocycles. The molecule has 0 amide bonds. The normalized spacial score (nSPS) is 9.77. The number of hydrogen-bond donors (Lipinski definition) is 1. The van der Waals surface area contributed by atoms with Gasteiger partial charge in [0.15, 0.2) is 12.4 Å². The summed E-state index contributed by atoms with van der Waals surface area (Å²) < 4.78 is 126. The molecule has 1 aromatic heterocycles. The lowest BCUT2D eigenvalue weighted by atomic mass is 9.58. The molecule has 18 radical (unpaired) electrons. The standard InChI is InChI=1S/C15H15BFO.2C14H13BF.C13H11BF.C8H9BFO.4C7H7BF.C6H8N.C6H7N.8CH4/c1-11(12-6-8-15(18-2)9-7-12)16-13-4-3-5-14(17)10-13;1-11-5-7-12(8-6-11)10-15-13-3-2-4-14(16)9-13;1-11(12-6-3-2-4-7-12)15-13-8-5-9-14(16)10-13;15-13-8-4-7-12(9-13)14-10-11-5-2-1-3-6-11;1-9-7-5-6(10)3-4-8(7)11-2;4*1-8-6-3-2-4-7(9)5-6;1-7-5-3-2-4-6-7;7-6-4-2-1-3-5-6;;;;;;;;/h3-11H,1-2H3;2-9H,10H2,1H3;2-11H,1H3;1-9H,10H2;3-5H,1-2H3;4*2-5H,1H3;2-6H,1H3;1-5H,7H2;8*1H4/q9*-1;+1;;;;;;;;;/p+1. The number of aromatic nitrogens is 1. The van der Waals surface area contributed by atoms with Gasteiger partial charge in [0.1, 0.15) is 70.8 Å². The van der Waals surface area contributed by atoms with E-state index in [-0.39, 0.29) is 118 Å². The van der Waals surface area contributed by atoms with Crippen molar-refractivity contribution in [3.05, 3.63) is 463 Å². The summed E-state index contributed by atoms with van der Waals surface area (Å²) >= 11 is 0. The van der Waals surface area contributed by atoms with E-state index in [1.165, 1.54) is 113 Å². The highest BCUT2D eigenvalue weighted by Gasteiger charge is 2.00. The lowest BCUT2D eigenvalue weighted by Gasteiger charge is -2.26. The molecule has 0 aliphatic carbocycles. The number of halogens is 9. The van der Waals surface area contributed by atoms with Gasteiger partial charge in [0, 0.05) is 12.1 Å². The summed E-state index contributed by atoms with van der Waals surface area (Å²) in [5.74, 6) is 0.381. The molecular formula is C112H137B9F9N2O2-7. The highest BCUT2D eigenvalue weighted by molar-refractivity contribution is 6.56. The predicted molar refractivity (Wildman–Crippen MR) is 574 cm³/mol. The lowest BCUT2D eigenvalue weighted by molar-refractivity contribution is -0.671. The Bertz CT molecular complexity index is 5220. The second kappa shape index (κ2) is 76.2. The number of rotatable bonds is 19. The molecule has 2 atom stereocenters. The van der Waals surface area contributed by atoms with Crippen LogP contribution in [0.5, 0.6) is 11.5 Å². The first-order valence-electron chi connectivity index (χ1n) is 41.2. The fourth-order valence-electron chi connectivity index (χ4n) is 11.4. The number of nitrogens with zero attached hydrogens (tertiary/aromatic N) is 1. The Morgan fingerprint density at radius 2 is 0.567 bits per heavy atom. The van der Waals surface area contributed by atoms with Crippen molar-refractivity contribution < 1.29 is 59.3 Å². The van der Waals surface area contributed by atoms with Crippen molar-refractivity contribution in [1.29, 1.82) is 0 Å². The zero-order valence-corrected chi connectivity index (χ0v) is 73.5. The third kappa shape index (κ3) is 56.6. The van der Waals surface area contributed by atoms with E-state index in [2.05, 4.69) is 82.3 Å². The fraction of sp³-hybridized carbons (Fsp3) is 0.205. The van der Waals surface area contributed by atoms with Crippen LogP contribution in [0.1, 0.15) is 113 Å². The van der Waals surface area contributed by atoms with Crippen LogP contribution in [0, 0.1) is 59.3 Å². The molecule has 134 heavy (non-hydrogen) atoms. The molecule has 0 aliphatic rings. The molecule has 0 bridgehead atoms. The van der Waals surface area contributed by atoms with E-state index < -0.39 is 0 Å². The van der Waals surface area contributed by atoms with Gasteiger partial charge in [0.05, 0.1) is 20.0 Å². The van der Waals surface area contributed by atoms with Crippen LogP contribution >= 0.6 is 0 Å². The molecule has 15 aromatic rings. The minimum absolute atomic E-state index is 0. The Hall–Kier alpha value is -12.3. The van der Waals surface area contributed by atoms with E-state index in [0.29, 0.717) is 11.6 Å². The number of hydrogen-bond acceptors (Lipinski definition) is 2. The Kier molecular flexibility index (Phi) is 72.8. The van der Waals surface area contributed by atoms with E-state index in [1.54, 1.807) is 93.1 Å². The molecule has 15 rings (SSSR count). The first kappa shape index (κ1) is 128. The van der Waals surface area contributed by atoms with Gasteiger partial charge in [0.2, 0.25) is 0 Å². The number of quaternary nitrogens is 1. The third-order valence-electron chi connectivity index (χ3n) is 18.3. The molecular weight excluding hydrogens is 1670 g/mol. The van der Waals surface area contributed by atoms with Crippen LogP contribution in [-0.4, -0.2) is 79.7 Å². The van der Waals surface area contributed by atoms with Gasteiger partial charge in [-0.05, 0) is 91.9 Å². The number of ether oxygens (including phenoxy) is 2. The van der Waals surface area contributed by atoms with Gasteiger partial charge < -0.3 is 44.3 Å². The molecule has 0 spiro atoms. The second-order valence-electron chi connectivity index (χ2n) is 28.2. The van der Waals surface area contributed by atoms with Gasteiger partial charge in [0.25, 0.3) is 0 Å². The summed E-state index contributed by atoms with van der Waals surface area (Å²) in [5.41, 5.74) is 19.1. The van der Waals surface area contributed by atoms with Crippen molar-refractivity contribution in [1.82, 2.24) is 0 Å². The molecule has 0 fully saturated rings. The van der Waals surface area contributed by atoms with Gasteiger partial charge in [-0.1, -0.05) is 326 Å². The number of aryl methyl sites for hydroxylation is 2. The van der Waals surface area contributed by atoms with E-state index in [1.807, 2.05) is 274 Å². The minimum atomic E-state index is -0.237. The van der Waals surface area contributed by atoms with Crippen molar-refractivity contribution in [3.8, 4) is 11.5 Å². The largest absolute Gasteiger partial charge is 0.500 e. The summed E-state index contributed by atoms with van der Waals surface area (Å²) in [6, 6.07) is 110. The minimum Gasteiger partial charge on any atom is -0.500 e. The van der Waals surface area contributed by atoms with E-state index in [9.17, 15) is 39.5 Å². The maximum atomic E-state index is 13.1. The Morgan fingerprint density at radius 1 is 0.284 bits per heavy atom. The maximum Gasteiger partial charge on any atom is 0.168 e. The smallest absolute Gasteiger partial charge is 0.168 e. The van der Waals surface area contributed by atoms with E-state index >= 15 is 0 Å². The number of methoxy groups -OCH3 is 2. The molecule has 0 aliphatic heterocycles. The van der Waals surface area contributed by atoms with Crippen LogP contribution in [0.3, 0.4) is 0 Å². The van der Waals surface area contributed by atoms with Crippen molar-refractivity contribution in [2.24, 2.45) is 7.05 Å². The highest BCUT2D eigenvalue weighted by atomic mass is 19.2. The molecule has 704 valence electrons. The zero-order valence-electron chi connectivity index (χ0n) is 73.5. The Morgan fingerprint density at radius 3 is 0.851 bits per heavy atom. The van der Waals surface area contributed by atoms with Gasteiger partial charge in [-0.2, -0.15) is 0 Å². The molecule has 4 nitrogen and oxygen atoms in total. The van der Waals surface area contributed by atoms with Crippen LogP contribution in [-0.2, 0) is 19.7 Å². The summed E-state index contributed by atoms with van der Waals surface area (Å²) in [5, 5.41) is 0. The van der Waals surface area contributed by atoms with Gasteiger partial charge in [-0.25, -0.2) is 108 Å². The van der Waals surface area contributed by atoms with Crippen LogP contribution in [0.4, 0.5) is 45.2 Å². The average Bonchev–Trinajstić information content (AvgIpc) is 0.827. The fourth-order valence-corrected chi connectivity index (χ4v) is 11.4. The number of pyridine rings is 1. The van der Waals surface area contributed by atoms with Crippen LogP contribution in [0.25, 0.3) is 0 Å². The first-order valence-corrected chi connectivity index (χ1v) is 41.2. The Labute approximate surface area is 808 Å². The lowest BCUT2D eigenvalue weighted by Crippen LogP contribution is -2.39. The SMILES string of the molecule is C.C.C.C.C.C.C.C.CC([B-]c1cccc(F)c1)c1ccccc1.COc1ccc(C(C)[B-]c2cccc(F)c2)cc1.C[B-]c1cc(F)ccc1OC.C[B-]c1cccc(F)c1.C[B-]c1cccc(F)c1.C[B-]c1cccc(F)c1.C[B-]c1cccc(F)c1.C[n+]1ccccc1.Cc1ccc(C[B-]c2cccc(F)c2)cc1.Fc1cccc([B-]Cc2ccccc2)c1.[NH3+]c1ccccc1. The monoisotopic (exact) mass is 1810 g/mol. The van der Waals surface area contributed by atoms with E-state index in [0.717, 1.165) is 73.2 Å². The number of benzene rings is 14. The molecule has 22 heteroatoms. The summed E-state index contributed by atoms with van der Waals surface area (Å²) in [7, 11) is 22.7. The molecule has 2 unspecified atom stereocenters. The molecule has 0 saturated heterocycles. The summed E-state index contributed by atoms with van der Waals surface area (Å²) in [6.45, 7) is 15.7. The maximum absolute atomic E-state index is 13.1. The zero-order chi connectivity index (χ0) is 91.5. The topological polar surface area (TPSA) is 50.0 Å². The Balaban J connectivity index is -0.000000698. The van der Waals surface area contributed by atoms with Gasteiger partial charge in [-0.3, -0.25) is 80.1 Å². The third-order valence-corrected chi connectivity index (χ3v) is 18.3. The average molecular weight is 1810 g/mol. The van der Waals surface area contributed by atoms with Crippen LogP contribution < -0.4 is 68.9 Å².